The zero-order valence-electron chi connectivity index (χ0n) is 53.5. The zero-order chi connectivity index (χ0) is 64.1. The molecule has 0 bridgehead atoms. The van der Waals surface area contributed by atoms with Crippen molar-refractivity contribution in [3.05, 3.63) is 45.4 Å². The summed E-state index contributed by atoms with van der Waals surface area (Å²) in [6, 6.07) is 2.03. The molecular formula is C63H100N6O16S. The Hall–Kier alpha value is -5.75. The van der Waals surface area contributed by atoms with Crippen molar-refractivity contribution in [2.45, 2.75) is 228 Å². The maximum Gasteiger partial charge on any atom is 0.313 e. The van der Waals surface area contributed by atoms with E-state index in [0.29, 0.717) is 36.8 Å². The second-order valence-corrected chi connectivity index (χ2v) is 26.8. The fourth-order valence-corrected chi connectivity index (χ4v) is 11.4. The van der Waals surface area contributed by atoms with E-state index in [4.69, 9.17) is 28.4 Å². The number of aromatic hydroxyl groups is 1. The molecule has 2 aliphatic rings. The van der Waals surface area contributed by atoms with Crippen LogP contribution in [0, 0.1) is 23.2 Å². The third kappa shape index (κ3) is 24.8. The molecule has 1 aliphatic carbocycles. The highest BCUT2D eigenvalue weighted by molar-refractivity contribution is 7.09. The maximum atomic E-state index is 15.0. The third-order valence-corrected chi connectivity index (χ3v) is 16.0. The lowest BCUT2D eigenvalue weighted by Crippen LogP contribution is -2.59. The molecule has 1 aromatic carbocycles. The summed E-state index contributed by atoms with van der Waals surface area (Å²) in [6.07, 6.45) is 2.26. The summed E-state index contributed by atoms with van der Waals surface area (Å²) in [4.78, 5) is 116. The van der Waals surface area contributed by atoms with Crippen LogP contribution >= 0.6 is 11.3 Å². The van der Waals surface area contributed by atoms with E-state index in [-0.39, 0.29) is 123 Å². The predicted octanol–water partition coefficient (Wildman–Crippen LogP) is 7.80. The van der Waals surface area contributed by atoms with Gasteiger partial charge in [-0.25, -0.2) is 4.98 Å². The number of likely N-dealkylation sites (tertiary alicyclic amines) is 1. The molecule has 484 valence electrons. The number of amides is 4. The van der Waals surface area contributed by atoms with Crippen LogP contribution in [0.2, 0.25) is 0 Å². The van der Waals surface area contributed by atoms with Gasteiger partial charge in [0.25, 0.3) is 5.91 Å². The normalized spacial score (nSPS) is 18.5. The van der Waals surface area contributed by atoms with Gasteiger partial charge >= 0.3 is 23.9 Å². The van der Waals surface area contributed by atoms with Crippen molar-refractivity contribution < 1.29 is 77.0 Å². The van der Waals surface area contributed by atoms with E-state index in [2.05, 4.69) is 20.9 Å². The molecule has 86 heavy (non-hydrogen) atoms. The molecule has 5 N–H and O–H groups in total. The lowest BCUT2D eigenvalue weighted by molar-refractivity contribution is -0.241. The Bertz CT molecular complexity index is 2540. The fraction of sp³-hybridized carbons (Fsp3) is 0.730. The minimum Gasteiger partial charge on any atom is -0.508 e. The molecular weight excluding hydrogens is 1130 g/mol. The second-order valence-electron chi connectivity index (χ2n) is 26.0. The number of benzene rings is 1. The molecule has 23 heteroatoms. The van der Waals surface area contributed by atoms with Gasteiger partial charge in [-0.05, 0) is 126 Å². The van der Waals surface area contributed by atoms with E-state index >= 15 is 4.79 Å². The SMILES string of the molecule is CCC(C)C(NC(=O)C1CCCCN1C)C(=O)N(COC(=O)CC(C)C)C(CC(OC(C)=O)c1nc(C(=O)NC2Cc3ccc(O)cc3C(C(=O)OCCCNC(=O)CCCC(=O)OCC(OC(CO)CC(C)(C)C)OC(C)(C)C)C2)cs1)C(C)C. The van der Waals surface area contributed by atoms with Crippen molar-refractivity contribution >= 4 is 58.8 Å². The van der Waals surface area contributed by atoms with Crippen LogP contribution in [0.1, 0.15) is 206 Å². The summed E-state index contributed by atoms with van der Waals surface area (Å²) < 4.78 is 34.8. The third-order valence-electron chi connectivity index (χ3n) is 15.1. The molecule has 1 aromatic heterocycles. The summed E-state index contributed by atoms with van der Waals surface area (Å²) in [5.74, 6) is -5.33. The molecule has 4 rings (SSSR count). The van der Waals surface area contributed by atoms with Crippen LogP contribution in [0.5, 0.6) is 5.75 Å². The summed E-state index contributed by atoms with van der Waals surface area (Å²) >= 11 is 1.09. The first-order valence-electron chi connectivity index (χ1n) is 30.6. The monoisotopic (exact) mass is 1230 g/mol. The van der Waals surface area contributed by atoms with Crippen LogP contribution < -0.4 is 16.0 Å². The van der Waals surface area contributed by atoms with E-state index in [1.807, 2.05) is 95.0 Å². The highest BCUT2D eigenvalue weighted by Gasteiger charge is 2.40. The van der Waals surface area contributed by atoms with Crippen molar-refractivity contribution in [2.75, 3.05) is 46.7 Å². The van der Waals surface area contributed by atoms with Crippen LogP contribution in [0.3, 0.4) is 0 Å². The van der Waals surface area contributed by atoms with Crippen molar-refractivity contribution in [2.24, 2.45) is 23.2 Å². The van der Waals surface area contributed by atoms with Gasteiger partial charge in [-0.2, -0.15) is 0 Å². The Kier molecular flexibility index (Phi) is 29.3. The number of phenols is 1. The number of thiazole rings is 1. The number of piperidine rings is 1. The zero-order valence-corrected chi connectivity index (χ0v) is 54.3. The number of aliphatic hydroxyl groups is 1. The van der Waals surface area contributed by atoms with Crippen molar-refractivity contribution in [3.63, 3.8) is 0 Å². The molecule has 1 aliphatic heterocycles. The molecule has 2 aromatic rings. The van der Waals surface area contributed by atoms with E-state index in [9.17, 15) is 43.8 Å². The number of carbonyl (C=O) groups excluding carboxylic acids is 8. The Balaban J connectivity index is 1.39. The number of carbonyl (C=O) groups is 8. The topological polar surface area (TPSA) is 288 Å². The van der Waals surface area contributed by atoms with Gasteiger partial charge < -0.3 is 59.5 Å². The first-order chi connectivity index (χ1) is 40.4. The summed E-state index contributed by atoms with van der Waals surface area (Å²) in [5, 5.41) is 31.0. The molecule has 2 heterocycles. The number of nitrogens with one attached hydrogen (secondary N) is 3. The number of aliphatic hydroxyl groups excluding tert-OH is 1. The Labute approximate surface area is 513 Å². The number of hydrogen-bond acceptors (Lipinski definition) is 19. The van der Waals surface area contributed by atoms with Gasteiger partial charge in [0.15, 0.2) is 19.1 Å². The highest BCUT2D eigenvalue weighted by atomic mass is 32.1. The van der Waals surface area contributed by atoms with E-state index in [1.165, 1.54) is 29.3 Å². The molecule has 1 saturated heterocycles. The fourth-order valence-electron chi connectivity index (χ4n) is 10.6. The van der Waals surface area contributed by atoms with E-state index in [0.717, 1.165) is 30.7 Å². The minimum atomic E-state index is -1.05. The molecule has 0 radical (unpaired) electrons. The Morgan fingerprint density at radius 3 is 2.28 bits per heavy atom. The van der Waals surface area contributed by atoms with Crippen LogP contribution in [0.15, 0.2) is 23.6 Å². The lowest BCUT2D eigenvalue weighted by atomic mass is 9.80. The standard InChI is InChI=1S/C63H100N6O16S/c1-15-40(6)56(67-58(77)49-20-16-17-26-68(49)14)60(78)69(37-82-54(75)28-38(2)3)50(39(4)5)32-51(83-41(7)71)59-66-48(36-86-59)57(76)65-43-29-42-23-24-44(72)31-46(42)47(30-43)61(79)80-27-19-25-64-52(73)21-18-22-53(74)81-35-55(85-63(11,12)13)84-45(34-70)33-62(8,9)10/h23-24,31,36,38-40,43,45,47,49-51,55-56,70,72H,15-22,25-30,32-35,37H2,1-14H3,(H,64,73)(H,65,76)(H,67,77). The van der Waals surface area contributed by atoms with Crippen LogP contribution in [-0.4, -0.2) is 161 Å². The highest BCUT2D eigenvalue weighted by Crippen LogP contribution is 2.36. The maximum absolute atomic E-state index is 15.0. The quantitative estimate of drug-likeness (QED) is 0.0197. The molecule has 9 atom stereocenters. The Morgan fingerprint density at radius 1 is 0.930 bits per heavy atom. The van der Waals surface area contributed by atoms with Gasteiger partial charge in [-0.15, -0.1) is 11.3 Å². The minimum absolute atomic E-state index is 0.00532. The summed E-state index contributed by atoms with van der Waals surface area (Å²) in [6.45, 7) is 24.3. The summed E-state index contributed by atoms with van der Waals surface area (Å²) in [7, 11) is 1.90. The molecule has 22 nitrogen and oxygen atoms in total. The number of likely N-dealkylation sites (N-methyl/N-ethyl adjacent to an activating group) is 1. The average Bonchev–Trinajstić information content (AvgIpc) is 3.45. The van der Waals surface area contributed by atoms with Gasteiger partial charge in [0, 0.05) is 56.6 Å². The number of nitrogens with zero attached hydrogens (tertiary/aromatic N) is 3. The van der Waals surface area contributed by atoms with Crippen LogP contribution in [-0.2, 0) is 68.4 Å². The molecule has 0 spiro atoms. The number of hydrogen-bond donors (Lipinski definition) is 5. The number of esters is 4. The second kappa shape index (κ2) is 34.7. The smallest absolute Gasteiger partial charge is 0.313 e. The number of ether oxygens (including phenoxy) is 6. The number of aromatic nitrogens is 1. The summed E-state index contributed by atoms with van der Waals surface area (Å²) in [5.41, 5.74) is 0.571. The lowest BCUT2D eigenvalue weighted by Gasteiger charge is -2.39. The number of rotatable bonds is 33. The number of fused-ring (bicyclic) bond motifs is 1. The average molecular weight is 1230 g/mol. The molecule has 9 unspecified atom stereocenters. The Morgan fingerprint density at radius 2 is 1.65 bits per heavy atom. The van der Waals surface area contributed by atoms with Crippen molar-refractivity contribution in [1.82, 2.24) is 30.7 Å². The number of phenolic OH excluding ortho intramolecular Hbond substituents is 1. The van der Waals surface area contributed by atoms with Gasteiger partial charge in [-0.1, -0.05) is 81.2 Å². The van der Waals surface area contributed by atoms with Crippen LogP contribution in [0.4, 0.5) is 0 Å². The van der Waals surface area contributed by atoms with Gasteiger partial charge in [0.2, 0.25) is 17.7 Å². The van der Waals surface area contributed by atoms with Gasteiger partial charge in [0.1, 0.15) is 29.1 Å². The van der Waals surface area contributed by atoms with Crippen molar-refractivity contribution in [3.8, 4) is 5.75 Å². The first-order valence-corrected chi connectivity index (χ1v) is 31.5. The largest absolute Gasteiger partial charge is 0.508 e. The molecule has 1 fully saturated rings. The predicted molar refractivity (Wildman–Crippen MR) is 323 cm³/mol. The molecule has 0 saturated carbocycles. The van der Waals surface area contributed by atoms with Crippen molar-refractivity contribution in [1.29, 1.82) is 0 Å². The van der Waals surface area contributed by atoms with Crippen LogP contribution in [0.25, 0.3) is 0 Å². The van der Waals surface area contributed by atoms with Gasteiger partial charge in [-0.3, -0.25) is 43.3 Å². The van der Waals surface area contributed by atoms with E-state index in [1.54, 1.807) is 6.07 Å². The van der Waals surface area contributed by atoms with E-state index < -0.39 is 96.6 Å². The van der Waals surface area contributed by atoms with Gasteiger partial charge in [0.05, 0.1) is 36.9 Å². The molecule has 4 amide bonds. The first kappa shape index (κ1) is 72.7.